The number of hydrogen-bond acceptors (Lipinski definition) is 2. The molecule has 0 atom stereocenters. The van der Waals surface area contributed by atoms with Gasteiger partial charge in [0, 0.05) is 11.1 Å². The zero-order chi connectivity index (χ0) is 9.42. The maximum atomic E-state index is 5.92. The number of fused-ring (bicyclic) bond motifs is 1. The van der Waals surface area contributed by atoms with Crippen LogP contribution in [0.15, 0.2) is 24.3 Å². The van der Waals surface area contributed by atoms with Crippen molar-refractivity contribution in [2.24, 2.45) is 0 Å². The molecule has 1 aromatic heterocycles. The van der Waals surface area contributed by atoms with E-state index in [0.717, 1.165) is 27.8 Å². The molecule has 0 saturated carbocycles. The quantitative estimate of drug-likeness (QED) is 0.620. The van der Waals surface area contributed by atoms with E-state index in [9.17, 15) is 0 Å². The molecule has 66 valence electrons. The average molecular weight is 172 g/mol. The third kappa shape index (κ3) is 1.24. The molecule has 0 aliphatic rings. The van der Waals surface area contributed by atoms with Crippen LogP contribution in [0.4, 0.5) is 5.69 Å². The van der Waals surface area contributed by atoms with E-state index in [-0.39, 0.29) is 0 Å². The van der Waals surface area contributed by atoms with E-state index < -0.39 is 0 Å². The first-order chi connectivity index (χ1) is 6.18. The molecule has 0 amide bonds. The molecule has 0 fully saturated rings. The summed E-state index contributed by atoms with van der Waals surface area (Å²) in [6, 6.07) is 8.12. The Kier molecular flexibility index (Phi) is 1.69. The third-order valence-electron chi connectivity index (χ3n) is 2.26. The van der Waals surface area contributed by atoms with Crippen molar-refractivity contribution in [1.29, 1.82) is 0 Å². The second-order valence-electron chi connectivity index (χ2n) is 3.32. The molecule has 2 N–H and O–H groups in total. The van der Waals surface area contributed by atoms with Gasteiger partial charge >= 0.3 is 0 Å². The van der Waals surface area contributed by atoms with Crippen LogP contribution in [-0.2, 0) is 0 Å². The summed E-state index contributed by atoms with van der Waals surface area (Å²) in [5, 5.41) is 1.11. The standard InChI is InChI=1S/C11H12N2/c1-7-3-5-9-6-4-8(2)13-11(9)10(7)12/h3-6H,12H2,1-2H3. The minimum absolute atomic E-state index is 0.793. The number of pyridine rings is 1. The van der Waals surface area contributed by atoms with Gasteiger partial charge in [0.25, 0.3) is 0 Å². The van der Waals surface area contributed by atoms with E-state index in [4.69, 9.17) is 5.73 Å². The predicted molar refractivity (Wildman–Crippen MR) is 55.6 cm³/mol. The van der Waals surface area contributed by atoms with Crippen molar-refractivity contribution in [3.63, 3.8) is 0 Å². The van der Waals surface area contributed by atoms with Crippen LogP contribution < -0.4 is 5.73 Å². The number of nitrogens with zero attached hydrogens (tertiary/aromatic N) is 1. The van der Waals surface area contributed by atoms with E-state index in [1.165, 1.54) is 0 Å². The zero-order valence-corrected chi connectivity index (χ0v) is 7.83. The molecule has 2 nitrogen and oxygen atoms in total. The maximum absolute atomic E-state index is 5.92. The molecule has 0 saturated heterocycles. The Morgan fingerprint density at radius 1 is 1.08 bits per heavy atom. The fraction of sp³-hybridized carbons (Fsp3) is 0.182. The van der Waals surface area contributed by atoms with Gasteiger partial charge in [0.1, 0.15) is 0 Å². The van der Waals surface area contributed by atoms with Crippen LogP contribution in [0.25, 0.3) is 10.9 Å². The van der Waals surface area contributed by atoms with Crippen molar-refractivity contribution in [3.8, 4) is 0 Å². The number of aromatic nitrogens is 1. The Hall–Kier alpha value is -1.57. The first-order valence-corrected chi connectivity index (χ1v) is 4.31. The summed E-state index contributed by atoms with van der Waals surface area (Å²) in [6.07, 6.45) is 0. The van der Waals surface area contributed by atoms with Gasteiger partial charge in [0.15, 0.2) is 0 Å². The van der Waals surface area contributed by atoms with Crippen molar-refractivity contribution in [3.05, 3.63) is 35.5 Å². The number of anilines is 1. The van der Waals surface area contributed by atoms with Crippen molar-refractivity contribution in [2.75, 3.05) is 5.73 Å². The molecule has 1 aromatic carbocycles. The lowest BCUT2D eigenvalue weighted by Gasteiger charge is -2.04. The number of aryl methyl sites for hydroxylation is 2. The van der Waals surface area contributed by atoms with Crippen molar-refractivity contribution in [1.82, 2.24) is 4.98 Å². The predicted octanol–water partition coefficient (Wildman–Crippen LogP) is 2.43. The van der Waals surface area contributed by atoms with Gasteiger partial charge in [0.2, 0.25) is 0 Å². The SMILES string of the molecule is Cc1ccc2ccc(C)c(N)c2n1. The van der Waals surface area contributed by atoms with Gasteiger partial charge in [-0.05, 0) is 25.5 Å². The molecule has 0 spiro atoms. The summed E-state index contributed by atoms with van der Waals surface area (Å²) in [4.78, 5) is 4.41. The van der Waals surface area contributed by atoms with Crippen LogP contribution in [0.5, 0.6) is 0 Å². The first-order valence-electron chi connectivity index (χ1n) is 4.31. The summed E-state index contributed by atoms with van der Waals surface area (Å²) in [5.41, 5.74) is 9.73. The van der Waals surface area contributed by atoms with Gasteiger partial charge in [-0.15, -0.1) is 0 Å². The van der Waals surface area contributed by atoms with Gasteiger partial charge in [-0.1, -0.05) is 18.2 Å². The highest BCUT2D eigenvalue weighted by Crippen LogP contribution is 2.22. The van der Waals surface area contributed by atoms with E-state index in [2.05, 4.69) is 4.98 Å². The molecule has 2 aromatic rings. The molecule has 1 heterocycles. The Bertz CT molecular complexity index is 456. The van der Waals surface area contributed by atoms with Crippen LogP contribution in [-0.4, -0.2) is 4.98 Å². The van der Waals surface area contributed by atoms with Gasteiger partial charge in [-0.25, -0.2) is 0 Å². The van der Waals surface area contributed by atoms with Crippen LogP contribution in [0, 0.1) is 13.8 Å². The summed E-state index contributed by atoms with van der Waals surface area (Å²) in [7, 11) is 0. The van der Waals surface area contributed by atoms with Crippen molar-refractivity contribution in [2.45, 2.75) is 13.8 Å². The normalized spacial score (nSPS) is 10.6. The molecule has 2 rings (SSSR count). The monoisotopic (exact) mass is 172 g/mol. The zero-order valence-electron chi connectivity index (χ0n) is 7.83. The lowest BCUT2D eigenvalue weighted by Crippen LogP contribution is -1.94. The molecule has 0 bridgehead atoms. The molecule has 0 radical (unpaired) electrons. The summed E-state index contributed by atoms with van der Waals surface area (Å²) >= 11 is 0. The fourth-order valence-electron chi connectivity index (χ4n) is 1.41. The maximum Gasteiger partial charge on any atom is 0.0937 e. The van der Waals surface area contributed by atoms with Gasteiger partial charge in [0.05, 0.1) is 11.2 Å². The molecule has 13 heavy (non-hydrogen) atoms. The van der Waals surface area contributed by atoms with Crippen LogP contribution >= 0.6 is 0 Å². The van der Waals surface area contributed by atoms with Gasteiger partial charge in [-0.2, -0.15) is 0 Å². The molecule has 2 heteroatoms. The van der Waals surface area contributed by atoms with Crippen LogP contribution in [0.1, 0.15) is 11.3 Å². The van der Waals surface area contributed by atoms with Gasteiger partial charge in [-0.3, -0.25) is 4.98 Å². The van der Waals surface area contributed by atoms with E-state index in [1.807, 2.05) is 38.1 Å². The van der Waals surface area contributed by atoms with Crippen LogP contribution in [0.3, 0.4) is 0 Å². The first kappa shape index (κ1) is 8.05. The summed E-state index contributed by atoms with van der Waals surface area (Å²) < 4.78 is 0. The molecular weight excluding hydrogens is 160 g/mol. The van der Waals surface area contributed by atoms with Crippen molar-refractivity contribution < 1.29 is 0 Å². The Labute approximate surface area is 77.4 Å². The van der Waals surface area contributed by atoms with E-state index in [1.54, 1.807) is 0 Å². The highest BCUT2D eigenvalue weighted by atomic mass is 14.7. The van der Waals surface area contributed by atoms with E-state index in [0.29, 0.717) is 0 Å². The summed E-state index contributed by atoms with van der Waals surface area (Å²) in [6.45, 7) is 3.97. The number of rotatable bonds is 0. The Morgan fingerprint density at radius 3 is 2.54 bits per heavy atom. The van der Waals surface area contributed by atoms with E-state index >= 15 is 0 Å². The summed E-state index contributed by atoms with van der Waals surface area (Å²) in [5.74, 6) is 0. The fourth-order valence-corrected chi connectivity index (χ4v) is 1.41. The second kappa shape index (κ2) is 2.73. The smallest absolute Gasteiger partial charge is 0.0937 e. The highest BCUT2D eigenvalue weighted by molar-refractivity contribution is 5.90. The lowest BCUT2D eigenvalue weighted by atomic mass is 10.1. The molecule has 0 unspecified atom stereocenters. The van der Waals surface area contributed by atoms with Gasteiger partial charge < -0.3 is 5.73 Å². The average Bonchev–Trinajstić information content (AvgIpc) is 2.12. The van der Waals surface area contributed by atoms with Crippen molar-refractivity contribution >= 4 is 16.6 Å². The highest BCUT2D eigenvalue weighted by Gasteiger charge is 2.01. The number of benzene rings is 1. The number of hydrogen-bond donors (Lipinski definition) is 1. The lowest BCUT2D eigenvalue weighted by molar-refractivity contribution is 1.25. The largest absolute Gasteiger partial charge is 0.397 e. The second-order valence-corrected chi connectivity index (χ2v) is 3.32. The van der Waals surface area contributed by atoms with Crippen LogP contribution in [0.2, 0.25) is 0 Å². The topological polar surface area (TPSA) is 38.9 Å². The Balaban J connectivity index is 2.89. The molecule has 0 aliphatic heterocycles. The minimum Gasteiger partial charge on any atom is -0.397 e. The Morgan fingerprint density at radius 2 is 1.77 bits per heavy atom. The molecular formula is C11H12N2. The minimum atomic E-state index is 0.793. The molecule has 0 aliphatic carbocycles. The number of nitrogens with two attached hydrogens (primary N) is 1. The number of nitrogen functional groups attached to an aromatic ring is 1. The third-order valence-corrected chi connectivity index (χ3v) is 2.26.